The van der Waals surface area contributed by atoms with E-state index in [0.29, 0.717) is 0 Å². The van der Waals surface area contributed by atoms with Crippen molar-refractivity contribution in [3.05, 3.63) is 71.3 Å². The number of aromatic nitrogens is 1. The Labute approximate surface area is 616 Å². The van der Waals surface area contributed by atoms with E-state index in [9.17, 15) is 0 Å². The lowest BCUT2D eigenvalue weighted by molar-refractivity contribution is 0.315. The van der Waals surface area contributed by atoms with E-state index in [4.69, 9.17) is 4.98 Å². The summed E-state index contributed by atoms with van der Waals surface area (Å²) in [4.78, 5) is 12.2. The average Bonchev–Trinajstić information content (AvgIpc) is 0.798. The fourth-order valence-corrected chi connectivity index (χ4v) is 11.3. The Kier molecular flexibility index (Phi) is 89.3. The number of unbranched alkanes of at least 4 members (excludes halogenated alkanes) is 33. The number of pyridine rings is 1. The van der Waals surface area contributed by atoms with E-state index in [1.54, 1.807) is 0 Å². The molecule has 5 heteroatoms. The number of aryl methyl sites for hydroxylation is 1. The fraction of sp³-hybridized carbons (Fsp3) is 0.774. The number of aliphatic imine (C=N–C) groups is 1. The van der Waals surface area contributed by atoms with Crippen LogP contribution in [0, 0.1) is 48.4 Å². The number of allylic oxidation sites excluding steroid dienone is 6. The van der Waals surface area contributed by atoms with Crippen LogP contribution < -0.4 is 10.6 Å². The molecule has 1 aliphatic carbocycles. The highest BCUT2D eigenvalue weighted by Crippen LogP contribution is 2.36. The van der Waals surface area contributed by atoms with Crippen LogP contribution in [0.1, 0.15) is 428 Å². The molecule has 0 bridgehead atoms. The molecule has 0 saturated carbocycles. The molecule has 1 aromatic heterocycles. The van der Waals surface area contributed by atoms with Crippen molar-refractivity contribution in [2.45, 2.75) is 431 Å². The Balaban J connectivity index is -0.000000675. The largest absolute Gasteiger partial charge is 0.343 e. The van der Waals surface area contributed by atoms with Gasteiger partial charge in [0, 0.05) is 56.1 Å². The van der Waals surface area contributed by atoms with Gasteiger partial charge in [-0.05, 0) is 205 Å². The number of fused-ring (bicyclic) bond motifs is 1. The smallest absolute Gasteiger partial charge is 0.156 e. The minimum atomic E-state index is 0.884. The van der Waals surface area contributed by atoms with Crippen molar-refractivity contribution in [1.29, 1.82) is 0 Å². The first-order valence-corrected chi connectivity index (χ1v) is 42.4. The summed E-state index contributed by atoms with van der Waals surface area (Å²) in [5.41, 5.74) is 10.6. The zero-order valence-electron chi connectivity index (χ0n) is 68.8. The summed E-state index contributed by atoms with van der Waals surface area (Å²) in [6.45, 7) is 43.2. The molecule has 2 N–H and O–H groups in total. The third kappa shape index (κ3) is 76.1. The maximum atomic E-state index is 4.98. The van der Waals surface area contributed by atoms with Crippen molar-refractivity contribution in [2.75, 3.05) is 38.5 Å². The molecule has 1 aromatic rings. The lowest BCUT2D eigenvalue weighted by atomic mass is 9.92. The van der Waals surface area contributed by atoms with Gasteiger partial charge in [-0.15, -0.1) is 41.3 Å². The Morgan fingerprint density at radius 3 is 1.37 bits per heavy atom. The van der Waals surface area contributed by atoms with E-state index in [0.717, 1.165) is 107 Å². The highest BCUT2D eigenvalue weighted by atomic mass is 15.1. The van der Waals surface area contributed by atoms with Gasteiger partial charge in [0.1, 0.15) is 5.69 Å². The molecule has 98 heavy (non-hydrogen) atoms. The quantitative estimate of drug-likeness (QED) is 0.0224. The summed E-state index contributed by atoms with van der Waals surface area (Å²) in [6, 6.07) is 0. The fourth-order valence-electron chi connectivity index (χ4n) is 11.3. The highest BCUT2D eigenvalue weighted by Gasteiger charge is 2.19. The van der Waals surface area contributed by atoms with Crippen LogP contribution in [-0.2, 0) is 12.8 Å². The second kappa shape index (κ2) is 87.2. The van der Waals surface area contributed by atoms with Gasteiger partial charge in [-0.1, -0.05) is 281 Å². The van der Waals surface area contributed by atoms with Crippen molar-refractivity contribution in [2.24, 2.45) is 10.9 Å². The third-order valence-corrected chi connectivity index (χ3v) is 17.9. The molecule has 0 atom stereocenters. The van der Waals surface area contributed by atoms with Crippen LogP contribution in [0.4, 0.5) is 11.5 Å². The van der Waals surface area contributed by atoms with E-state index < -0.39 is 0 Å². The van der Waals surface area contributed by atoms with Crippen molar-refractivity contribution >= 4 is 17.7 Å². The summed E-state index contributed by atoms with van der Waals surface area (Å²) >= 11 is 0. The molecule has 1 aliphatic rings. The Morgan fingerprint density at radius 2 is 0.918 bits per heavy atom. The topological polar surface area (TPSA) is 52.5 Å². The molecule has 0 fully saturated rings. The summed E-state index contributed by atoms with van der Waals surface area (Å²) in [7, 11) is 2.28. The Morgan fingerprint density at radius 1 is 0.510 bits per heavy atom. The normalized spacial score (nSPS) is 11.2. The SMILES string of the molecule is C=C(CCCCCN(C)CCCCCCCCCC#CCCCCCC)Nc1nc2c(c(C)c1N=CC)CCCC2.C=C=C(CCC#CCCCCCC)CCCCCCCCNCCCCCCCCC.CC.CC=CCC.CCC(C)C.CCC=CCCC#CCCCCCC. The monoisotopic (exact) mass is 1360 g/mol. The van der Waals surface area contributed by atoms with E-state index in [-0.39, 0.29) is 0 Å². The first-order valence-electron chi connectivity index (χ1n) is 42.4. The van der Waals surface area contributed by atoms with Gasteiger partial charge >= 0.3 is 0 Å². The first kappa shape index (κ1) is 100. The number of nitrogens with one attached hydrogen (secondary N) is 2. The van der Waals surface area contributed by atoms with Gasteiger partial charge in [-0.3, -0.25) is 4.99 Å². The van der Waals surface area contributed by atoms with Crippen LogP contribution in [0.2, 0.25) is 0 Å². The average molecular weight is 1360 g/mol. The zero-order valence-corrected chi connectivity index (χ0v) is 68.8. The first-order chi connectivity index (χ1) is 48.0. The summed E-state index contributed by atoms with van der Waals surface area (Å²) in [5.74, 6) is 21.6. The molecular formula is C93H169N5. The minimum absolute atomic E-state index is 0.884. The maximum Gasteiger partial charge on any atom is 0.156 e. The lowest BCUT2D eigenvalue weighted by Gasteiger charge is -2.21. The van der Waals surface area contributed by atoms with Gasteiger partial charge in [-0.2, -0.15) is 0 Å². The van der Waals surface area contributed by atoms with Crippen molar-refractivity contribution in [1.82, 2.24) is 15.2 Å². The van der Waals surface area contributed by atoms with Gasteiger partial charge in [0.05, 0.1) is 0 Å². The zero-order chi connectivity index (χ0) is 73.1. The molecule has 0 aromatic carbocycles. The standard InChI is InChI=1S/C37H62N4.C30H55N.C14H24.C5H12.C5H10.C2H6/c1-6-8-9-10-11-12-13-14-15-16-17-18-19-20-25-30-41(5)31-26-21-22-27-32(3)39-37-36(38-7-2)33(4)34-28-23-24-29-35(34)40-37;1-4-7-9-11-13-14-18-22-26-30(6-3)27-23-19-15-17-21-25-29-31-28-24-20-16-12-10-8-5-2;1-3-5-7-9-11-13-14-12-10-8-6-4-2;1-4-5(2)3;1-3-5-4-2;1-2/h7H,3,6,8-11,14-31H2,1-2,4-5H3,(H,39,40);31H,3-5,7-13,15-17,19-29H2,1-2H3;5,7H,3-4,6,8-12H2,1-2H3;5H,4H2,1-3H3;3,5H,4H2,1-2H3;1-2H3. The molecule has 0 amide bonds. The lowest BCUT2D eigenvalue weighted by Crippen LogP contribution is -2.20. The van der Waals surface area contributed by atoms with Gasteiger partial charge in [-0.25, -0.2) is 4.98 Å². The van der Waals surface area contributed by atoms with E-state index in [1.807, 2.05) is 33.9 Å². The minimum Gasteiger partial charge on any atom is -0.343 e. The van der Waals surface area contributed by atoms with E-state index in [1.165, 1.54) is 299 Å². The number of hydrogen-bond donors (Lipinski definition) is 2. The predicted octanol–water partition coefficient (Wildman–Crippen LogP) is 29.8. The molecule has 0 radical (unpaired) electrons. The Bertz CT molecular complexity index is 2170. The molecule has 566 valence electrons. The van der Waals surface area contributed by atoms with Crippen LogP contribution in [-0.4, -0.2) is 49.3 Å². The number of anilines is 1. The van der Waals surface area contributed by atoms with Crippen LogP contribution in [0.25, 0.3) is 0 Å². The summed E-state index contributed by atoms with van der Waals surface area (Å²) < 4.78 is 0. The highest BCUT2D eigenvalue weighted by molar-refractivity contribution is 5.74. The summed E-state index contributed by atoms with van der Waals surface area (Å²) in [6.07, 6.45) is 76.5. The van der Waals surface area contributed by atoms with Gasteiger partial charge in [0.15, 0.2) is 5.82 Å². The number of hydrogen-bond acceptors (Lipinski definition) is 5. The van der Waals surface area contributed by atoms with E-state index >= 15 is 0 Å². The second-order valence-electron chi connectivity index (χ2n) is 27.7. The van der Waals surface area contributed by atoms with Gasteiger partial charge in [0.25, 0.3) is 0 Å². The van der Waals surface area contributed by atoms with Crippen molar-refractivity contribution < 1.29 is 0 Å². The van der Waals surface area contributed by atoms with Crippen LogP contribution in [0.15, 0.2) is 59.5 Å². The third-order valence-electron chi connectivity index (χ3n) is 17.9. The Hall–Kier alpha value is -4.04. The molecule has 5 nitrogen and oxygen atoms in total. The molecule has 0 unspecified atom stereocenters. The van der Waals surface area contributed by atoms with E-state index in [2.05, 4.69) is 176 Å². The summed E-state index contributed by atoms with van der Waals surface area (Å²) in [5, 5.41) is 7.15. The number of nitrogens with zero attached hydrogens (tertiary/aromatic N) is 3. The molecular weight excluding hydrogens is 1190 g/mol. The van der Waals surface area contributed by atoms with Crippen LogP contribution in [0.5, 0.6) is 0 Å². The second-order valence-corrected chi connectivity index (χ2v) is 27.7. The maximum absolute atomic E-state index is 4.98. The molecule has 0 aliphatic heterocycles. The van der Waals surface area contributed by atoms with Gasteiger partial charge in [0.2, 0.25) is 0 Å². The molecule has 0 spiro atoms. The number of rotatable bonds is 54. The molecule has 2 rings (SSSR count). The van der Waals surface area contributed by atoms with Crippen molar-refractivity contribution in [3.8, 4) is 35.5 Å². The predicted molar refractivity (Wildman–Crippen MR) is 450 cm³/mol. The van der Waals surface area contributed by atoms with Gasteiger partial charge < -0.3 is 15.5 Å². The molecule has 0 saturated heterocycles. The molecule has 1 heterocycles. The van der Waals surface area contributed by atoms with Crippen molar-refractivity contribution in [3.63, 3.8) is 0 Å². The van der Waals surface area contributed by atoms with Crippen LogP contribution in [0.3, 0.4) is 0 Å². The van der Waals surface area contributed by atoms with Crippen LogP contribution >= 0.6 is 0 Å².